The summed E-state index contributed by atoms with van der Waals surface area (Å²) in [7, 11) is 1.86. The molecular weight excluding hydrogens is 378 g/mol. The van der Waals surface area contributed by atoms with E-state index < -0.39 is 13.2 Å². The lowest BCUT2D eigenvalue weighted by Gasteiger charge is -2.15. The molecular formula is C28H30N3+. The van der Waals surface area contributed by atoms with Gasteiger partial charge in [-0.05, 0) is 61.0 Å². The normalized spacial score (nSPS) is 18.8. The van der Waals surface area contributed by atoms with Crippen molar-refractivity contribution in [1.29, 1.82) is 0 Å². The van der Waals surface area contributed by atoms with Crippen molar-refractivity contribution in [3.05, 3.63) is 76.7 Å². The third-order valence-corrected chi connectivity index (χ3v) is 6.95. The van der Waals surface area contributed by atoms with Crippen LogP contribution in [0.4, 0.5) is 0 Å². The monoisotopic (exact) mass is 413 g/mol. The summed E-state index contributed by atoms with van der Waals surface area (Å²) in [5.74, 6) is 0.819. The lowest BCUT2D eigenvalue weighted by molar-refractivity contribution is -0.660. The number of para-hydroxylation sites is 2. The third-order valence-electron chi connectivity index (χ3n) is 6.95. The lowest BCUT2D eigenvalue weighted by Crippen LogP contribution is -2.32. The Kier molecular flexibility index (Phi) is 3.23. The number of aryl methyl sites for hydroxylation is 3. The molecule has 0 radical (unpaired) electrons. The van der Waals surface area contributed by atoms with Gasteiger partial charge in [0, 0.05) is 24.9 Å². The highest BCUT2D eigenvalue weighted by atomic mass is 15.1. The van der Waals surface area contributed by atoms with E-state index >= 15 is 0 Å². The predicted molar refractivity (Wildman–Crippen MR) is 126 cm³/mol. The molecule has 0 saturated heterocycles. The van der Waals surface area contributed by atoms with Crippen molar-refractivity contribution in [3.63, 3.8) is 0 Å². The van der Waals surface area contributed by atoms with Crippen LogP contribution in [0.5, 0.6) is 0 Å². The Hall–Kier alpha value is -2.94. The minimum absolute atomic E-state index is 0.106. The number of nitrogens with zero attached hydrogens (tertiary/aromatic N) is 3. The van der Waals surface area contributed by atoms with Crippen LogP contribution in [0.15, 0.2) is 48.7 Å². The summed E-state index contributed by atoms with van der Waals surface area (Å²) in [6, 6.07) is 14.2. The molecule has 2 aromatic heterocycles. The summed E-state index contributed by atoms with van der Waals surface area (Å²) in [6.45, 7) is -0.329. The molecule has 0 atom stereocenters. The number of benzene rings is 2. The molecule has 2 aliphatic rings. The van der Waals surface area contributed by atoms with Gasteiger partial charge in [-0.15, -0.1) is 0 Å². The van der Waals surface area contributed by atoms with Gasteiger partial charge in [-0.1, -0.05) is 43.9 Å². The van der Waals surface area contributed by atoms with Crippen LogP contribution in [-0.4, -0.2) is 9.55 Å². The van der Waals surface area contributed by atoms with Crippen LogP contribution < -0.4 is 4.57 Å². The van der Waals surface area contributed by atoms with Crippen LogP contribution in [0.3, 0.4) is 0 Å². The second-order valence-corrected chi connectivity index (χ2v) is 9.01. The molecule has 1 aliphatic heterocycles. The minimum atomic E-state index is -2.40. The van der Waals surface area contributed by atoms with Crippen molar-refractivity contribution in [2.75, 3.05) is 0 Å². The highest BCUT2D eigenvalue weighted by Gasteiger charge is 2.29. The highest BCUT2D eigenvalue weighted by Crippen LogP contribution is 2.39. The van der Waals surface area contributed by atoms with Crippen LogP contribution in [-0.2, 0) is 19.8 Å². The van der Waals surface area contributed by atoms with Crippen LogP contribution in [0.25, 0.3) is 28.0 Å². The molecule has 0 amide bonds. The van der Waals surface area contributed by atoms with Crippen LogP contribution in [0.1, 0.15) is 60.6 Å². The second kappa shape index (κ2) is 7.05. The molecule has 4 aromatic rings. The van der Waals surface area contributed by atoms with E-state index in [4.69, 9.17) is 11.8 Å². The van der Waals surface area contributed by atoms with Crippen molar-refractivity contribution in [2.45, 2.75) is 52.3 Å². The average Bonchev–Trinajstić information content (AvgIpc) is 3.54. The molecule has 0 bridgehead atoms. The zero-order valence-corrected chi connectivity index (χ0v) is 18.1. The van der Waals surface area contributed by atoms with Crippen molar-refractivity contribution >= 4 is 11.0 Å². The smallest absolute Gasteiger partial charge is 0.213 e. The summed E-state index contributed by atoms with van der Waals surface area (Å²) in [5, 5.41) is 0. The van der Waals surface area contributed by atoms with E-state index in [0.29, 0.717) is 12.0 Å². The maximum Gasteiger partial charge on any atom is 0.213 e. The van der Waals surface area contributed by atoms with Crippen molar-refractivity contribution in [2.24, 2.45) is 13.0 Å². The predicted octanol–water partition coefficient (Wildman–Crippen LogP) is 5.77. The Morgan fingerprint density at radius 3 is 2.84 bits per heavy atom. The van der Waals surface area contributed by atoms with Gasteiger partial charge in [-0.2, -0.15) is 0 Å². The van der Waals surface area contributed by atoms with Crippen LogP contribution in [0.2, 0.25) is 0 Å². The van der Waals surface area contributed by atoms with E-state index in [1.165, 1.54) is 0 Å². The highest BCUT2D eigenvalue weighted by molar-refractivity contribution is 5.83. The van der Waals surface area contributed by atoms with Crippen LogP contribution >= 0.6 is 0 Å². The maximum absolute atomic E-state index is 9.09. The summed E-state index contributed by atoms with van der Waals surface area (Å²) in [5.41, 5.74) is 7.63. The standard InChI is InChI=1S/C28H30N3/c1-18-12-13-24-22(16-27-29-23-10-6-7-11-25(23)31(24)27)28(18)26-15-21(19(2)17-30(26)3)14-20-8-4-5-9-20/h6-7,10-13,15,17,20H,4-5,8-9,14,16H2,1-3H3/q+1/i2D3,14D2. The molecule has 1 fully saturated rings. The average molecular weight is 414 g/mol. The SMILES string of the molecule is [2H]C([2H])([2H])c1c[n+](C)c(-c2c(C)ccc3c2Cc2nc4ccccc4n2-3)cc1C([2H])([2H])C1CCCC1. The Balaban J connectivity index is 1.58. The summed E-state index contributed by atoms with van der Waals surface area (Å²) >= 11 is 0. The molecule has 0 N–H and O–H groups in total. The van der Waals surface area contributed by atoms with E-state index in [-0.39, 0.29) is 11.5 Å². The quantitative estimate of drug-likeness (QED) is 0.344. The third kappa shape index (κ3) is 2.94. The fourth-order valence-electron chi connectivity index (χ4n) is 5.43. The lowest BCUT2D eigenvalue weighted by atomic mass is 9.91. The first-order valence-corrected chi connectivity index (χ1v) is 11.2. The number of pyridine rings is 1. The molecule has 1 aliphatic carbocycles. The zero-order chi connectivity index (χ0) is 25.4. The van der Waals surface area contributed by atoms with Gasteiger partial charge in [0.05, 0.1) is 22.3 Å². The van der Waals surface area contributed by atoms with E-state index in [9.17, 15) is 0 Å². The summed E-state index contributed by atoms with van der Waals surface area (Å²) < 4.78 is 46.8. The number of fused-ring (bicyclic) bond motifs is 5. The summed E-state index contributed by atoms with van der Waals surface area (Å²) in [6.07, 6.45) is 4.16. The van der Waals surface area contributed by atoms with Gasteiger partial charge >= 0.3 is 0 Å². The topological polar surface area (TPSA) is 21.7 Å². The largest absolute Gasteiger partial charge is 0.296 e. The van der Waals surface area contributed by atoms with Gasteiger partial charge in [0.25, 0.3) is 0 Å². The van der Waals surface area contributed by atoms with E-state index in [0.717, 1.165) is 70.6 Å². The van der Waals surface area contributed by atoms with E-state index in [1.807, 2.05) is 35.9 Å². The Morgan fingerprint density at radius 1 is 1.16 bits per heavy atom. The van der Waals surface area contributed by atoms with Gasteiger partial charge in [0.2, 0.25) is 5.69 Å². The molecule has 3 heterocycles. The minimum Gasteiger partial charge on any atom is -0.296 e. The number of hydrogen-bond donors (Lipinski definition) is 0. The first-order valence-electron chi connectivity index (χ1n) is 13.7. The first-order chi connectivity index (χ1) is 17.1. The maximum atomic E-state index is 9.09. The molecule has 2 aromatic carbocycles. The van der Waals surface area contributed by atoms with Crippen molar-refractivity contribution in [1.82, 2.24) is 9.55 Å². The van der Waals surface area contributed by atoms with E-state index in [2.05, 4.69) is 29.7 Å². The van der Waals surface area contributed by atoms with E-state index in [1.54, 1.807) is 6.20 Å². The number of hydrogen-bond acceptors (Lipinski definition) is 1. The fraction of sp³-hybridized carbons (Fsp3) is 0.357. The van der Waals surface area contributed by atoms with Crippen LogP contribution in [0, 0.1) is 19.7 Å². The van der Waals surface area contributed by atoms with Gasteiger partial charge in [0.15, 0.2) is 6.20 Å². The molecule has 156 valence electrons. The van der Waals surface area contributed by atoms with Gasteiger partial charge in [0.1, 0.15) is 12.9 Å². The molecule has 0 spiro atoms. The Bertz CT molecular complexity index is 1510. The molecule has 0 unspecified atom stereocenters. The van der Waals surface area contributed by atoms with Gasteiger partial charge < -0.3 is 0 Å². The molecule has 31 heavy (non-hydrogen) atoms. The van der Waals surface area contributed by atoms with Crippen molar-refractivity contribution < 1.29 is 11.4 Å². The second-order valence-electron chi connectivity index (χ2n) is 9.01. The zero-order valence-electron chi connectivity index (χ0n) is 23.1. The molecule has 6 rings (SSSR count). The summed E-state index contributed by atoms with van der Waals surface area (Å²) in [4.78, 5) is 4.87. The number of aromatic nitrogens is 3. The van der Waals surface area contributed by atoms with Gasteiger partial charge in [-0.3, -0.25) is 4.57 Å². The molecule has 3 nitrogen and oxygen atoms in total. The first kappa shape index (κ1) is 14.2. The van der Waals surface area contributed by atoms with Crippen molar-refractivity contribution in [3.8, 4) is 16.9 Å². The molecule has 1 saturated carbocycles. The number of rotatable bonds is 3. The Labute approximate surface area is 191 Å². The Morgan fingerprint density at radius 2 is 2.00 bits per heavy atom. The molecule has 3 heteroatoms. The van der Waals surface area contributed by atoms with Gasteiger partial charge in [-0.25, -0.2) is 9.55 Å². The number of imidazole rings is 1. The fourth-order valence-corrected chi connectivity index (χ4v) is 5.43.